The Balaban J connectivity index is 2.13. The minimum absolute atomic E-state index is 0.310. The summed E-state index contributed by atoms with van der Waals surface area (Å²) in [6.07, 6.45) is 1.50. The summed E-state index contributed by atoms with van der Waals surface area (Å²) < 4.78 is 29.4. The molecule has 0 saturated heterocycles. The van der Waals surface area contributed by atoms with Crippen molar-refractivity contribution < 1.29 is 12.6 Å². The first kappa shape index (κ1) is 14.1. The van der Waals surface area contributed by atoms with Gasteiger partial charge in [-0.15, -0.1) is 0 Å². The fraction of sp³-hybridized carbons (Fsp3) is 0. The molecule has 0 heterocycles. The third-order valence-corrected chi connectivity index (χ3v) is 3.80. The first-order chi connectivity index (χ1) is 9.05. The highest BCUT2D eigenvalue weighted by Gasteiger charge is 2.08. The summed E-state index contributed by atoms with van der Waals surface area (Å²) in [6, 6.07) is 16.1. The van der Waals surface area contributed by atoms with Gasteiger partial charge in [0.05, 0.1) is 5.41 Å². The third-order valence-electron chi connectivity index (χ3n) is 2.24. The highest BCUT2D eigenvalue weighted by atomic mass is 127. The molecule has 0 atom stereocenters. The Hall–Kier alpha value is -1.34. The van der Waals surface area contributed by atoms with Gasteiger partial charge in [0.25, 0.3) is 0 Å². The number of hydrogen-bond donors (Lipinski definition) is 0. The van der Waals surface area contributed by atoms with Crippen LogP contribution in [0.3, 0.4) is 0 Å². The van der Waals surface area contributed by atoms with Gasteiger partial charge in [-0.05, 0) is 52.4 Å². The van der Waals surface area contributed by atoms with E-state index in [0.717, 1.165) is 14.5 Å². The van der Waals surface area contributed by atoms with Crippen LogP contribution in [0.4, 0.5) is 0 Å². The largest absolute Gasteiger partial charge is 0.379 e. The van der Waals surface area contributed by atoms with Crippen LogP contribution >= 0.6 is 22.6 Å². The van der Waals surface area contributed by atoms with E-state index in [1.165, 1.54) is 6.08 Å². The fourth-order valence-corrected chi connectivity index (χ4v) is 2.67. The molecule has 2 rings (SSSR count). The zero-order valence-electron chi connectivity index (χ0n) is 9.86. The van der Waals surface area contributed by atoms with Crippen LogP contribution in [-0.4, -0.2) is 8.42 Å². The van der Waals surface area contributed by atoms with Crippen molar-refractivity contribution >= 4 is 38.8 Å². The molecule has 0 fully saturated rings. The minimum atomic E-state index is -3.73. The summed E-state index contributed by atoms with van der Waals surface area (Å²) in [7, 11) is -3.73. The summed E-state index contributed by atoms with van der Waals surface area (Å²) in [4.78, 5) is 0. The first-order valence-electron chi connectivity index (χ1n) is 5.48. The molecule has 0 aliphatic heterocycles. The molecule has 0 aromatic heterocycles. The summed E-state index contributed by atoms with van der Waals surface area (Å²) in [6.45, 7) is 0. The molecule has 19 heavy (non-hydrogen) atoms. The van der Waals surface area contributed by atoms with Crippen molar-refractivity contribution in [3.63, 3.8) is 0 Å². The van der Waals surface area contributed by atoms with E-state index in [1.54, 1.807) is 18.2 Å². The highest BCUT2D eigenvalue weighted by molar-refractivity contribution is 14.1. The number of hydrogen-bond acceptors (Lipinski definition) is 3. The molecule has 98 valence electrons. The number of benzene rings is 2. The Kier molecular flexibility index (Phi) is 4.60. The van der Waals surface area contributed by atoms with E-state index in [1.807, 2.05) is 36.4 Å². The van der Waals surface area contributed by atoms with Gasteiger partial charge in [0.2, 0.25) is 0 Å². The lowest BCUT2D eigenvalue weighted by atomic mass is 10.2. The molecule has 0 aliphatic rings. The van der Waals surface area contributed by atoms with Crippen LogP contribution in [0.15, 0.2) is 60.0 Å². The fourth-order valence-electron chi connectivity index (χ4n) is 1.41. The normalized spacial score (nSPS) is 11.6. The van der Waals surface area contributed by atoms with Crippen molar-refractivity contribution in [1.82, 2.24) is 0 Å². The molecule has 0 N–H and O–H groups in total. The zero-order chi connectivity index (χ0) is 13.7. The van der Waals surface area contributed by atoms with E-state index in [4.69, 9.17) is 4.18 Å². The summed E-state index contributed by atoms with van der Waals surface area (Å²) in [5.41, 5.74) is 0.803. The first-order valence-corrected chi connectivity index (χ1v) is 8.03. The quantitative estimate of drug-likeness (QED) is 0.595. The molecule has 0 bridgehead atoms. The Bertz CT molecular complexity index is 679. The SMILES string of the molecule is O=S(=O)(/C=C/c1ccccc1)Oc1cccc(I)c1. The second-order valence-electron chi connectivity index (χ2n) is 3.75. The summed E-state index contributed by atoms with van der Waals surface area (Å²) in [5.74, 6) is 0.310. The van der Waals surface area contributed by atoms with Gasteiger partial charge in [-0.3, -0.25) is 0 Å². The molecule has 0 saturated carbocycles. The summed E-state index contributed by atoms with van der Waals surface area (Å²) >= 11 is 2.09. The maximum Gasteiger partial charge on any atom is 0.332 e. The van der Waals surface area contributed by atoms with E-state index in [0.29, 0.717) is 5.75 Å². The maximum atomic E-state index is 11.8. The van der Waals surface area contributed by atoms with Crippen molar-refractivity contribution in [2.75, 3.05) is 0 Å². The van der Waals surface area contributed by atoms with Gasteiger partial charge in [-0.2, -0.15) is 8.42 Å². The Morgan fingerprint density at radius 2 is 1.74 bits per heavy atom. The zero-order valence-corrected chi connectivity index (χ0v) is 12.8. The lowest BCUT2D eigenvalue weighted by molar-refractivity contribution is 0.497. The van der Waals surface area contributed by atoms with E-state index in [2.05, 4.69) is 22.6 Å². The van der Waals surface area contributed by atoms with E-state index in [9.17, 15) is 8.42 Å². The maximum absolute atomic E-state index is 11.8. The highest BCUT2D eigenvalue weighted by Crippen LogP contribution is 2.17. The van der Waals surface area contributed by atoms with Crippen molar-refractivity contribution in [3.05, 3.63) is 69.1 Å². The van der Waals surface area contributed by atoms with Crippen LogP contribution in [0, 0.1) is 3.57 Å². The van der Waals surface area contributed by atoms with Crippen molar-refractivity contribution in [2.24, 2.45) is 0 Å². The Labute approximate surface area is 126 Å². The monoisotopic (exact) mass is 386 g/mol. The van der Waals surface area contributed by atoms with Crippen LogP contribution in [-0.2, 0) is 10.1 Å². The molecule has 0 radical (unpaired) electrons. The average Bonchev–Trinajstić information content (AvgIpc) is 2.37. The van der Waals surface area contributed by atoms with Gasteiger partial charge in [0.15, 0.2) is 0 Å². The van der Waals surface area contributed by atoms with Crippen LogP contribution in [0.5, 0.6) is 5.75 Å². The van der Waals surface area contributed by atoms with Gasteiger partial charge in [-0.25, -0.2) is 0 Å². The Morgan fingerprint density at radius 3 is 2.42 bits per heavy atom. The third kappa shape index (κ3) is 4.68. The molecule has 3 nitrogen and oxygen atoms in total. The van der Waals surface area contributed by atoms with E-state index < -0.39 is 10.1 Å². The lowest BCUT2D eigenvalue weighted by Crippen LogP contribution is -2.05. The molecule has 5 heteroatoms. The Morgan fingerprint density at radius 1 is 1.00 bits per heavy atom. The molecule has 0 aliphatic carbocycles. The van der Waals surface area contributed by atoms with E-state index >= 15 is 0 Å². The van der Waals surface area contributed by atoms with Crippen molar-refractivity contribution in [2.45, 2.75) is 0 Å². The molecule has 0 spiro atoms. The lowest BCUT2D eigenvalue weighted by Gasteiger charge is -2.03. The van der Waals surface area contributed by atoms with Crippen LogP contribution in [0.25, 0.3) is 6.08 Å². The van der Waals surface area contributed by atoms with Crippen LogP contribution in [0.2, 0.25) is 0 Å². The number of rotatable bonds is 4. The standard InChI is InChI=1S/C14H11IO3S/c15-13-7-4-8-14(11-13)18-19(16,17)10-9-12-5-2-1-3-6-12/h1-11H/b10-9+. The van der Waals surface area contributed by atoms with Crippen molar-refractivity contribution in [1.29, 1.82) is 0 Å². The van der Waals surface area contributed by atoms with Crippen LogP contribution < -0.4 is 4.18 Å². The smallest absolute Gasteiger partial charge is 0.332 e. The predicted molar refractivity (Wildman–Crippen MR) is 84.2 cm³/mol. The van der Waals surface area contributed by atoms with Gasteiger partial charge in [0.1, 0.15) is 5.75 Å². The van der Waals surface area contributed by atoms with E-state index in [-0.39, 0.29) is 0 Å². The molecular weight excluding hydrogens is 375 g/mol. The predicted octanol–water partition coefficient (Wildman–Crippen LogP) is 3.67. The van der Waals surface area contributed by atoms with Gasteiger partial charge < -0.3 is 4.18 Å². The average molecular weight is 386 g/mol. The molecule has 0 amide bonds. The molecule has 2 aromatic rings. The second-order valence-corrected chi connectivity index (χ2v) is 6.42. The van der Waals surface area contributed by atoms with Gasteiger partial charge >= 0.3 is 10.1 Å². The molecule has 2 aromatic carbocycles. The van der Waals surface area contributed by atoms with Gasteiger partial charge in [0, 0.05) is 3.57 Å². The molecular formula is C14H11IO3S. The molecule has 0 unspecified atom stereocenters. The van der Waals surface area contributed by atoms with Gasteiger partial charge in [-0.1, -0.05) is 36.4 Å². The van der Waals surface area contributed by atoms with Crippen molar-refractivity contribution in [3.8, 4) is 5.75 Å². The topological polar surface area (TPSA) is 43.4 Å². The second kappa shape index (κ2) is 6.21. The number of halogens is 1. The minimum Gasteiger partial charge on any atom is -0.379 e. The van der Waals surface area contributed by atoms with Crippen LogP contribution in [0.1, 0.15) is 5.56 Å². The summed E-state index contributed by atoms with van der Waals surface area (Å²) in [5, 5.41) is 1.06.